The van der Waals surface area contributed by atoms with Crippen LogP contribution in [0.25, 0.3) is 11.1 Å². The fraction of sp³-hybridized carbons (Fsp3) is 0.194. The Labute approximate surface area is 231 Å². The van der Waals surface area contributed by atoms with Gasteiger partial charge in [-0.05, 0) is 68.3 Å². The maximum atomic E-state index is 14.0. The molecule has 0 saturated carbocycles. The number of aryl methyl sites for hydroxylation is 1. The first-order chi connectivity index (χ1) is 19.2. The van der Waals surface area contributed by atoms with Crippen LogP contribution in [0.3, 0.4) is 0 Å². The van der Waals surface area contributed by atoms with Gasteiger partial charge in [-0.15, -0.1) is 0 Å². The molecular formula is C31H28FN3O5. The van der Waals surface area contributed by atoms with Gasteiger partial charge >= 0.3 is 5.97 Å². The summed E-state index contributed by atoms with van der Waals surface area (Å²) >= 11 is 0. The van der Waals surface area contributed by atoms with E-state index in [1.165, 1.54) is 31.6 Å². The lowest BCUT2D eigenvalue weighted by Crippen LogP contribution is -2.47. The number of methoxy groups -OCH3 is 1. The first kappa shape index (κ1) is 26.7. The van der Waals surface area contributed by atoms with E-state index in [4.69, 9.17) is 14.2 Å². The zero-order valence-electron chi connectivity index (χ0n) is 22.5. The first-order valence-corrected chi connectivity index (χ1v) is 12.6. The quantitative estimate of drug-likeness (QED) is 0.214. The van der Waals surface area contributed by atoms with Crippen molar-refractivity contribution < 1.29 is 28.2 Å². The van der Waals surface area contributed by atoms with Crippen LogP contribution in [0, 0.1) is 12.7 Å². The molecule has 8 nitrogen and oxygen atoms in total. The number of ether oxygens (including phenoxy) is 3. The minimum Gasteiger partial charge on any atom is -0.496 e. The Hall–Kier alpha value is -4.92. The van der Waals surface area contributed by atoms with E-state index in [-0.39, 0.29) is 12.5 Å². The zero-order chi connectivity index (χ0) is 28.4. The molecule has 2 heterocycles. The SMILES string of the molecule is COc1cc(OC(=O)c2ccncc2)ccc1-c1ccc2c(c1COc1cc(F)ccc1C)NC(=O)C(C)(C)N2. The first-order valence-electron chi connectivity index (χ1n) is 12.6. The highest BCUT2D eigenvalue weighted by Gasteiger charge is 2.35. The Morgan fingerprint density at radius 2 is 1.73 bits per heavy atom. The van der Waals surface area contributed by atoms with Crippen LogP contribution in [0.2, 0.25) is 0 Å². The van der Waals surface area contributed by atoms with Crippen molar-refractivity contribution in [3.05, 3.63) is 95.6 Å². The van der Waals surface area contributed by atoms with Crippen molar-refractivity contribution in [1.29, 1.82) is 0 Å². The average Bonchev–Trinajstić information content (AvgIpc) is 2.94. The number of amides is 1. The number of hydrogen-bond acceptors (Lipinski definition) is 7. The van der Waals surface area contributed by atoms with E-state index in [2.05, 4.69) is 15.6 Å². The number of benzene rings is 3. The summed E-state index contributed by atoms with van der Waals surface area (Å²) in [7, 11) is 1.52. The van der Waals surface area contributed by atoms with Crippen LogP contribution in [-0.4, -0.2) is 29.5 Å². The van der Waals surface area contributed by atoms with Gasteiger partial charge in [-0.2, -0.15) is 0 Å². The van der Waals surface area contributed by atoms with E-state index in [1.54, 1.807) is 50.2 Å². The van der Waals surface area contributed by atoms with Gasteiger partial charge in [0.15, 0.2) is 0 Å². The number of anilines is 2. The molecule has 1 aliphatic heterocycles. The predicted octanol–water partition coefficient (Wildman–Crippen LogP) is 6.15. The molecule has 0 unspecified atom stereocenters. The van der Waals surface area contributed by atoms with Crippen molar-refractivity contribution in [3.63, 3.8) is 0 Å². The van der Waals surface area contributed by atoms with Gasteiger partial charge in [0, 0.05) is 35.7 Å². The maximum Gasteiger partial charge on any atom is 0.343 e. The average molecular weight is 542 g/mol. The Balaban J connectivity index is 1.55. The van der Waals surface area contributed by atoms with Crippen molar-refractivity contribution >= 4 is 23.3 Å². The smallest absolute Gasteiger partial charge is 0.343 e. The summed E-state index contributed by atoms with van der Waals surface area (Å²) in [6.45, 7) is 5.45. The summed E-state index contributed by atoms with van der Waals surface area (Å²) in [5.74, 6) is -0.00741. The highest BCUT2D eigenvalue weighted by Crippen LogP contribution is 2.43. The lowest BCUT2D eigenvalue weighted by Gasteiger charge is -2.34. The highest BCUT2D eigenvalue weighted by molar-refractivity contribution is 6.07. The predicted molar refractivity (Wildman–Crippen MR) is 149 cm³/mol. The number of aromatic nitrogens is 1. The number of carbonyl (C=O) groups excluding carboxylic acids is 2. The molecule has 0 radical (unpaired) electrons. The second-order valence-corrected chi connectivity index (χ2v) is 9.90. The van der Waals surface area contributed by atoms with Crippen LogP contribution in [-0.2, 0) is 11.4 Å². The molecule has 204 valence electrons. The van der Waals surface area contributed by atoms with Gasteiger partial charge in [-0.25, -0.2) is 9.18 Å². The Bertz CT molecular complexity index is 1600. The fourth-order valence-corrected chi connectivity index (χ4v) is 4.45. The molecule has 5 rings (SSSR count). The highest BCUT2D eigenvalue weighted by atomic mass is 19.1. The molecule has 0 atom stereocenters. The molecule has 0 spiro atoms. The summed E-state index contributed by atoms with van der Waals surface area (Å²) in [5.41, 5.74) is 3.68. The molecule has 1 amide bonds. The molecule has 9 heteroatoms. The van der Waals surface area contributed by atoms with Crippen molar-refractivity contribution in [2.24, 2.45) is 0 Å². The molecule has 4 aromatic rings. The second kappa shape index (κ2) is 10.7. The number of halogens is 1. The number of esters is 1. The van der Waals surface area contributed by atoms with E-state index in [0.717, 1.165) is 16.8 Å². The molecule has 1 aromatic heterocycles. The van der Waals surface area contributed by atoms with Gasteiger partial charge in [0.25, 0.3) is 0 Å². The zero-order valence-corrected chi connectivity index (χ0v) is 22.5. The van der Waals surface area contributed by atoms with E-state index in [1.807, 2.05) is 19.1 Å². The summed E-state index contributed by atoms with van der Waals surface area (Å²) < 4.78 is 31.3. The van der Waals surface area contributed by atoms with Crippen LogP contribution in [0.1, 0.15) is 35.3 Å². The lowest BCUT2D eigenvalue weighted by molar-refractivity contribution is -0.119. The standard InChI is InChI=1S/C31H28FN3O5/c1-18-5-6-20(32)15-26(18)39-17-24-22(9-10-25-28(24)34-30(37)31(2,3)35-25)23-8-7-21(16-27(23)38-4)40-29(36)19-11-13-33-14-12-19/h5-16,35H,17H2,1-4H3,(H,34,37). The van der Waals surface area contributed by atoms with Crippen LogP contribution in [0.5, 0.6) is 17.2 Å². The molecule has 0 aliphatic carbocycles. The van der Waals surface area contributed by atoms with E-state index in [0.29, 0.717) is 39.6 Å². The van der Waals surface area contributed by atoms with Crippen molar-refractivity contribution in [2.75, 3.05) is 17.7 Å². The van der Waals surface area contributed by atoms with Crippen molar-refractivity contribution in [2.45, 2.75) is 32.9 Å². The third-order valence-electron chi connectivity index (χ3n) is 6.68. The fourth-order valence-electron chi connectivity index (χ4n) is 4.45. The number of carbonyl (C=O) groups is 2. The summed E-state index contributed by atoms with van der Waals surface area (Å²) in [4.78, 5) is 29.4. The summed E-state index contributed by atoms with van der Waals surface area (Å²) in [6.07, 6.45) is 3.03. The Morgan fingerprint density at radius 1 is 0.975 bits per heavy atom. The second-order valence-electron chi connectivity index (χ2n) is 9.90. The van der Waals surface area contributed by atoms with Gasteiger partial charge in [0.2, 0.25) is 5.91 Å². The third kappa shape index (κ3) is 5.31. The van der Waals surface area contributed by atoms with Crippen molar-refractivity contribution in [3.8, 4) is 28.4 Å². The number of hydrogen-bond donors (Lipinski definition) is 2. The molecule has 2 N–H and O–H groups in total. The number of fused-ring (bicyclic) bond motifs is 1. The van der Waals surface area contributed by atoms with Gasteiger partial charge < -0.3 is 24.8 Å². The Kier molecular flexibility index (Phi) is 7.13. The molecule has 0 saturated heterocycles. The number of pyridine rings is 1. The van der Waals surface area contributed by atoms with E-state index >= 15 is 0 Å². The maximum absolute atomic E-state index is 14.0. The molecular weight excluding hydrogens is 513 g/mol. The molecule has 0 fully saturated rings. The normalized spacial score (nSPS) is 13.5. The molecule has 1 aliphatic rings. The summed E-state index contributed by atoms with van der Waals surface area (Å²) in [5, 5.41) is 6.29. The van der Waals surface area contributed by atoms with Crippen molar-refractivity contribution in [1.82, 2.24) is 4.98 Å². The van der Waals surface area contributed by atoms with Gasteiger partial charge in [0.1, 0.15) is 35.2 Å². The van der Waals surface area contributed by atoms with Crippen LogP contribution in [0.4, 0.5) is 15.8 Å². The Morgan fingerprint density at radius 3 is 2.48 bits per heavy atom. The minimum absolute atomic E-state index is 0.0348. The monoisotopic (exact) mass is 541 g/mol. The molecule has 40 heavy (non-hydrogen) atoms. The van der Waals surface area contributed by atoms with Crippen LogP contribution >= 0.6 is 0 Å². The van der Waals surface area contributed by atoms with Crippen LogP contribution in [0.15, 0.2) is 73.1 Å². The van der Waals surface area contributed by atoms with Gasteiger partial charge in [0.05, 0.1) is 24.0 Å². The van der Waals surface area contributed by atoms with E-state index < -0.39 is 17.3 Å². The summed E-state index contributed by atoms with van der Waals surface area (Å²) in [6, 6.07) is 16.3. The largest absolute Gasteiger partial charge is 0.496 e. The lowest BCUT2D eigenvalue weighted by atomic mass is 9.92. The van der Waals surface area contributed by atoms with E-state index in [9.17, 15) is 14.0 Å². The van der Waals surface area contributed by atoms with Gasteiger partial charge in [-0.1, -0.05) is 12.1 Å². The number of nitrogens with zero attached hydrogens (tertiary/aromatic N) is 1. The van der Waals surface area contributed by atoms with Gasteiger partial charge in [-0.3, -0.25) is 9.78 Å². The number of rotatable bonds is 7. The minimum atomic E-state index is -0.816. The van der Waals surface area contributed by atoms with Crippen LogP contribution < -0.4 is 24.8 Å². The molecule has 3 aromatic carbocycles. The molecule has 0 bridgehead atoms. The number of nitrogens with one attached hydrogen (secondary N) is 2. The topological polar surface area (TPSA) is 98.8 Å². The third-order valence-corrected chi connectivity index (χ3v) is 6.68.